The van der Waals surface area contributed by atoms with Crippen molar-refractivity contribution in [1.29, 1.82) is 0 Å². The molecule has 2 aromatic carbocycles. The van der Waals surface area contributed by atoms with Gasteiger partial charge in [-0.1, -0.05) is 35.9 Å². The smallest absolute Gasteiger partial charge is 0.151 e. The van der Waals surface area contributed by atoms with E-state index in [9.17, 15) is 8.42 Å². The summed E-state index contributed by atoms with van der Waals surface area (Å²) in [5, 5.41) is 1.94. The molecule has 27 heavy (non-hydrogen) atoms. The second kappa shape index (κ2) is 5.86. The topological polar surface area (TPSA) is 49.9 Å². The first-order valence-corrected chi connectivity index (χ1v) is 11.9. The van der Waals surface area contributed by atoms with Crippen molar-refractivity contribution in [2.45, 2.75) is 36.9 Å². The predicted molar refractivity (Wildman–Crippen MR) is 110 cm³/mol. The monoisotopic (exact) mass is 399 g/mol. The number of aryl methyl sites for hydroxylation is 1. The van der Waals surface area contributed by atoms with Crippen LogP contribution in [0, 0.1) is 5.92 Å². The molecule has 3 nitrogen and oxygen atoms in total. The molecule has 1 unspecified atom stereocenters. The second-order valence-electron chi connectivity index (χ2n) is 8.16. The lowest BCUT2D eigenvalue weighted by atomic mass is 9.71. The van der Waals surface area contributed by atoms with Crippen LogP contribution in [0.25, 0.3) is 10.9 Å². The number of benzene rings is 2. The van der Waals surface area contributed by atoms with Crippen LogP contribution in [0.2, 0.25) is 5.02 Å². The van der Waals surface area contributed by atoms with Gasteiger partial charge in [-0.2, -0.15) is 0 Å². The van der Waals surface area contributed by atoms with Gasteiger partial charge in [0.05, 0.1) is 5.75 Å². The molecule has 3 aromatic rings. The molecule has 2 aliphatic rings. The number of aromatic nitrogens is 1. The van der Waals surface area contributed by atoms with Crippen molar-refractivity contribution >= 4 is 32.3 Å². The molecule has 5 heteroatoms. The number of rotatable bonds is 4. The van der Waals surface area contributed by atoms with Crippen molar-refractivity contribution in [3.8, 4) is 0 Å². The Morgan fingerprint density at radius 3 is 2.74 bits per heavy atom. The summed E-state index contributed by atoms with van der Waals surface area (Å²) >= 11 is 6.38. The number of aromatic amines is 1. The largest absolute Gasteiger partial charge is 0.361 e. The van der Waals surface area contributed by atoms with Crippen molar-refractivity contribution in [3.05, 3.63) is 69.9 Å². The maximum Gasteiger partial charge on any atom is 0.151 e. The SMILES string of the molecule is CS(=O)(=O)Cc1cccc2c(C3(C4CC4)CCc4ccc(Cl)cc43)c[nH]c12. The van der Waals surface area contributed by atoms with Crippen LogP contribution in [0.3, 0.4) is 0 Å². The minimum atomic E-state index is -3.09. The van der Waals surface area contributed by atoms with Crippen molar-refractivity contribution < 1.29 is 8.42 Å². The number of hydrogen-bond acceptors (Lipinski definition) is 2. The van der Waals surface area contributed by atoms with E-state index in [2.05, 4.69) is 29.4 Å². The lowest BCUT2D eigenvalue weighted by Gasteiger charge is -2.31. The number of H-pyrrole nitrogens is 1. The highest BCUT2D eigenvalue weighted by Gasteiger charge is 2.51. The molecule has 0 bridgehead atoms. The van der Waals surface area contributed by atoms with Crippen molar-refractivity contribution in [1.82, 2.24) is 4.98 Å². The lowest BCUT2D eigenvalue weighted by Crippen LogP contribution is -2.27. The molecule has 0 aliphatic heterocycles. The van der Waals surface area contributed by atoms with Crippen LogP contribution in [-0.4, -0.2) is 19.7 Å². The highest BCUT2D eigenvalue weighted by atomic mass is 35.5. The quantitative estimate of drug-likeness (QED) is 0.670. The van der Waals surface area contributed by atoms with Crippen LogP contribution in [0.4, 0.5) is 0 Å². The fraction of sp³-hybridized carbons (Fsp3) is 0.364. The third kappa shape index (κ3) is 2.73. The van der Waals surface area contributed by atoms with Crippen LogP contribution in [0.5, 0.6) is 0 Å². The van der Waals surface area contributed by atoms with E-state index in [1.807, 2.05) is 18.2 Å². The Balaban J connectivity index is 1.74. The minimum Gasteiger partial charge on any atom is -0.361 e. The van der Waals surface area contributed by atoms with E-state index in [1.54, 1.807) is 0 Å². The van der Waals surface area contributed by atoms with E-state index in [-0.39, 0.29) is 11.2 Å². The zero-order valence-electron chi connectivity index (χ0n) is 15.3. The Labute approximate surface area is 164 Å². The summed E-state index contributed by atoms with van der Waals surface area (Å²) in [4.78, 5) is 3.41. The Bertz CT molecular complexity index is 1160. The highest BCUT2D eigenvalue weighted by molar-refractivity contribution is 7.89. The fourth-order valence-corrected chi connectivity index (χ4v) is 6.11. The highest BCUT2D eigenvalue weighted by Crippen LogP contribution is 2.59. The number of nitrogens with one attached hydrogen (secondary N) is 1. The van der Waals surface area contributed by atoms with Gasteiger partial charge in [0, 0.05) is 33.8 Å². The van der Waals surface area contributed by atoms with Gasteiger partial charge in [-0.15, -0.1) is 0 Å². The van der Waals surface area contributed by atoms with Gasteiger partial charge >= 0.3 is 0 Å². The molecule has 140 valence electrons. The second-order valence-corrected chi connectivity index (χ2v) is 10.7. The molecule has 1 fully saturated rings. The normalized spacial score (nSPS) is 22.3. The number of fused-ring (bicyclic) bond motifs is 2. The molecule has 1 heterocycles. The van der Waals surface area contributed by atoms with Crippen LogP contribution < -0.4 is 0 Å². The summed E-state index contributed by atoms with van der Waals surface area (Å²) in [6.07, 6.45) is 8.04. The summed E-state index contributed by atoms with van der Waals surface area (Å²) in [6.45, 7) is 0. The first kappa shape index (κ1) is 17.3. The van der Waals surface area contributed by atoms with E-state index in [4.69, 9.17) is 11.6 Å². The first-order chi connectivity index (χ1) is 12.9. The molecule has 1 aromatic heterocycles. The van der Waals surface area contributed by atoms with Crippen LogP contribution >= 0.6 is 11.6 Å². The standard InChI is InChI=1S/C22H22ClNO2S/c1-27(25,26)13-15-3-2-4-18-20(12-24-21(15)18)22(16-6-7-16)10-9-14-5-8-17(23)11-19(14)22/h2-5,8,11-12,16,24H,6-7,9-10,13H2,1H3. The van der Waals surface area contributed by atoms with Gasteiger partial charge in [0.15, 0.2) is 9.84 Å². The zero-order chi connectivity index (χ0) is 18.8. The molecule has 0 saturated heterocycles. The first-order valence-electron chi connectivity index (χ1n) is 9.44. The summed E-state index contributed by atoms with van der Waals surface area (Å²) in [5.41, 5.74) is 5.85. The molecule has 0 spiro atoms. The van der Waals surface area contributed by atoms with Crippen molar-refractivity contribution in [2.75, 3.05) is 6.26 Å². The van der Waals surface area contributed by atoms with Gasteiger partial charge in [0.25, 0.3) is 0 Å². The van der Waals surface area contributed by atoms with E-state index in [1.165, 1.54) is 35.8 Å². The van der Waals surface area contributed by atoms with E-state index in [0.717, 1.165) is 34.3 Å². The molecule has 0 radical (unpaired) electrons. The maximum absolute atomic E-state index is 11.9. The third-order valence-electron chi connectivity index (χ3n) is 6.32. The molecule has 1 atom stereocenters. The lowest BCUT2D eigenvalue weighted by molar-refractivity contribution is 0.449. The van der Waals surface area contributed by atoms with E-state index >= 15 is 0 Å². The molecule has 1 N–H and O–H groups in total. The maximum atomic E-state index is 11.9. The van der Waals surface area contributed by atoms with Gasteiger partial charge < -0.3 is 4.98 Å². The van der Waals surface area contributed by atoms with Gasteiger partial charge in [0.1, 0.15) is 0 Å². The molecular weight excluding hydrogens is 378 g/mol. The molecule has 5 rings (SSSR count). The van der Waals surface area contributed by atoms with Gasteiger partial charge in [-0.3, -0.25) is 0 Å². The van der Waals surface area contributed by atoms with Crippen LogP contribution in [0.1, 0.15) is 41.5 Å². The van der Waals surface area contributed by atoms with Crippen molar-refractivity contribution in [2.24, 2.45) is 5.92 Å². The Morgan fingerprint density at radius 2 is 2.00 bits per heavy atom. The van der Waals surface area contributed by atoms with Crippen LogP contribution in [-0.2, 0) is 27.4 Å². The molecule has 1 saturated carbocycles. The minimum absolute atomic E-state index is 0.0117. The number of para-hydroxylation sites is 1. The molecule has 0 amide bonds. The average Bonchev–Trinajstić information content (AvgIpc) is 3.25. The number of halogens is 1. The Morgan fingerprint density at radius 1 is 1.19 bits per heavy atom. The predicted octanol–water partition coefficient (Wildman–Crippen LogP) is 5.01. The fourth-order valence-electron chi connectivity index (χ4n) is 5.14. The van der Waals surface area contributed by atoms with E-state index in [0.29, 0.717) is 5.92 Å². The van der Waals surface area contributed by atoms with Crippen molar-refractivity contribution in [3.63, 3.8) is 0 Å². The summed E-state index contributed by atoms with van der Waals surface area (Å²) < 4.78 is 23.7. The summed E-state index contributed by atoms with van der Waals surface area (Å²) in [6, 6.07) is 12.3. The van der Waals surface area contributed by atoms with Gasteiger partial charge in [-0.05, 0) is 66.0 Å². The Hall–Kier alpha value is -1.78. The van der Waals surface area contributed by atoms with Gasteiger partial charge in [-0.25, -0.2) is 8.42 Å². The number of sulfone groups is 1. The van der Waals surface area contributed by atoms with Gasteiger partial charge in [0.2, 0.25) is 0 Å². The average molecular weight is 400 g/mol. The Kier molecular flexibility index (Phi) is 3.76. The molecule has 2 aliphatic carbocycles. The zero-order valence-corrected chi connectivity index (χ0v) is 16.8. The number of hydrogen-bond donors (Lipinski definition) is 1. The third-order valence-corrected chi connectivity index (χ3v) is 7.39. The summed E-state index contributed by atoms with van der Waals surface area (Å²) in [7, 11) is -3.09. The van der Waals surface area contributed by atoms with E-state index < -0.39 is 9.84 Å². The van der Waals surface area contributed by atoms with Crippen LogP contribution in [0.15, 0.2) is 42.6 Å². The molecular formula is C22H22ClNO2S. The summed E-state index contributed by atoms with van der Waals surface area (Å²) in [5.74, 6) is 0.693.